The standard InChI is InChI=1S/C18H30O4SSi/c1-14-7-9-17(10-8-14)23(19,20)21-13-15-11-16(12-15)22-24(5,6)18(2,3)4/h7-10,15-16H,11-13H2,1-6H3/t15-,16-. The third kappa shape index (κ3) is 4.68. The van der Waals surface area contributed by atoms with Gasteiger partial charge in [0.2, 0.25) is 0 Å². The van der Waals surface area contributed by atoms with Gasteiger partial charge in [0.1, 0.15) is 0 Å². The van der Waals surface area contributed by atoms with Crippen molar-refractivity contribution in [3.05, 3.63) is 29.8 Å². The van der Waals surface area contributed by atoms with Crippen molar-refractivity contribution < 1.29 is 17.0 Å². The lowest BCUT2D eigenvalue weighted by molar-refractivity contribution is 0.0301. The second-order valence-electron chi connectivity index (χ2n) is 8.39. The van der Waals surface area contributed by atoms with E-state index in [1.165, 1.54) is 0 Å². The lowest BCUT2D eigenvalue weighted by atomic mass is 9.83. The van der Waals surface area contributed by atoms with E-state index in [2.05, 4.69) is 33.9 Å². The first kappa shape index (κ1) is 19.6. The van der Waals surface area contributed by atoms with Gasteiger partial charge >= 0.3 is 0 Å². The van der Waals surface area contributed by atoms with E-state index in [1.807, 2.05) is 6.92 Å². The van der Waals surface area contributed by atoms with Crippen LogP contribution in [0.1, 0.15) is 39.2 Å². The first-order valence-electron chi connectivity index (χ1n) is 8.55. The molecule has 1 fully saturated rings. The molecule has 24 heavy (non-hydrogen) atoms. The minimum Gasteiger partial charge on any atom is -0.414 e. The quantitative estimate of drug-likeness (QED) is 0.546. The average Bonchev–Trinajstić information content (AvgIpc) is 2.40. The van der Waals surface area contributed by atoms with E-state index in [1.54, 1.807) is 24.3 Å². The fraction of sp³-hybridized carbons (Fsp3) is 0.667. The van der Waals surface area contributed by atoms with E-state index in [-0.39, 0.29) is 28.6 Å². The number of benzene rings is 1. The van der Waals surface area contributed by atoms with E-state index >= 15 is 0 Å². The van der Waals surface area contributed by atoms with Gasteiger partial charge in [-0.3, -0.25) is 4.18 Å². The third-order valence-electron chi connectivity index (χ3n) is 5.23. The minimum absolute atomic E-state index is 0.198. The van der Waals surface area contributed by atoms with Crippen LogP contribution in [-0.4, -0.2) is 29.4 Å². The SMILES string of the molecule is Cc1ccc(S(=O)(=O)OC[C@H]2C[C@H](O[Si](C)(C)C(C)(C)C)C2)cc1. The third-order valence-corrected chi connectivity index (χ3v) is 11.1. The van der Waals surface area contributed by atoms with E-state index in [0.717, 1.165) is 18.4 Å². The monoisotopic (exact) mass is 370 g/mol. The smallest absolute Gasteiger partial charge is 0.296 e. The predicted molar refractivity (Wildman–Crippen MR) is 99.1 cm³/mol. The Morgan fingerprint density at radius 3 is 2.17 bits per heavy atom. The molecule has 1 aliphatic rings. The molecule has 1 aliphatic carbocycles. The van der Waals surface area contributed by atoms with Gasteiger partial charge in [0.15, 0.2) is 8.32 Å². The normalized spacial score (nSPS) is 22.2. The minimum atomic E-state index is -3.66. The van der Waals surface area contributed by atoms with Crippen LogP contribution in [0.25, 0.3) is 0 Å². The summed E-state index contributed by atoms with van der Waals surface area (Å²) in [6.07, 6.45) is 2.02. The predicted octanol–water partition coefficient (Wildman–Crippen LogP) is 4.50. The summed E-state index contributed by atoms with van der Waals surface area (Å²) in [4.78, 5) is 0.224. The van der Waals surface area contributed by atoms with Crippen LogP contribution < -0.4 is 0 Å². The molecule has 0 atom stereocenters. The highest BCUT2D eigenvalue weighted by Gasteiger charge is 2.42. The molecule has 0 aliphatic heterocycles. The summed E-state index contributed by atoms with van der Waals surface area (Å²) in [6, 6.07) is 6.74. The fourth-order valence-corrected chi connectivity index (χ4v) is 4.82. The Labute approximate surface area is 147 Å². The highest BCUT2D eigenvalue weighted by molar-refractivity contribution is 7.86. The number of rotatable bonds is 6. The van der Waals surface area contributed by atoms with Gasteiger partial charge in [0.05, 0.1) is 11.5 Å². The molecule has 0 bridgehead atoms. The van der Waals surface area contributed by atoms with Crippen molar-refractivity contribution >= 4 is 18.4 Å². The van der Waals surface area contributed by atoms with Crippen molar-refractivity contribution in [2.24, 2.45) is 5.92 Å². The summed E-state index contributed by atoms with van der Waals surface area (Å²) in [5.74, 6) is 0.264. The first-order chi connectivity index (χ1) is 10.9. The highest BCUT2D eigenvalue weighted by Crippen LogP contribution is 2.41. The Hall–Kier alpha value is -0.693. The van der Waals surface area contributed by atoms with Crippen LogP contribution >= 0.6 is 0 Å². The molecule has 1 saturated carbocycles. The van der Waals surface area contributed by atoms with Crippen LogP contribution in [0.3, 0.4) is 0 Å². The van der Waals surface area contributed by atoms with Crippen LogP contribution in [0.4, 0.5) is 0 Å². The van der Waals surface area contributed by atoms with Crippen LogP contribution in [0.2, 0.25) is 18.1 Å². The van der Waals surface area contributed by atoms with Crippen LogP contribution in [0, 0.1) is 12.8 Å². The fourth-order valence-electron chi connectivity index (χ4n) is 2.46. The van der Waals surface area contributed by atoms with Gasteiger partial charge in [-0.25, -0.2) is 0 Å². The van der Waals surface area contributed by atoms with Crippen molar-refractivity contribution in [2.45, 2.75) is 69.7 Å². The number of hydrogen-bond donors (Lipinski definition) is 0. The van der Waals surface area contributed by atoms with Gasteiger partial charge in [-0.2, -0.15) is 8.42 Å². The Morgan fingerprint density at radius 1 is 1.12 bits per heavy atom. The second kappa shape index (κ2) is 6.90. The largest absolute Gasteiger partial charge is 0.414 e. The average molecular weight is 371 g/mol. The van der Waals surface area contributed by atoms with E-state index in [4.69, 9.17) is 8.61 Å². The first-order valence-corrected chi connectivity index (χ1v) is 12.9. The summed E-state index contributed by atoms with van der Waals surface area (Å²) in [5.41, 5.74) is 1.03. The number of aryl methyl sites for hydroxylation is 1. The van der Waals surface area contributed by atoms with Crippen molar-refractivity contribution in [1.29, 1.82) is 0 Å². The van der Waals surface area contributed by atoms with Crippen LogP contribution in [0.15, 0.2) is 29.2 Å². The molecule has 0 saturated heterocycles. The maximum atomic E-state index is 12.2. The molecule has 6 heteroatoms. The van der Waals surface area contributed by atoms with Crippen molar-refractivity contribution in [3.63, 3.8) is 0 Å². The van der Waals surface area contributed by atoms with Gasteiger partial charge < -0.3 is 4.43 Å². The summed E-state index contributed by atoms with van der Waals surface area (Å²) in [5, 5.41) is 0.198. The zero-order chi connectivity index (χ0) is 18.2. The molecule has 136 valence electrons. The molecule has 4 nitrogen and oxygen atoms in total. The molecule has 1 aromatic carbocycles. The lowest BCUT2D eigenvalue weighted by Crippen LogP contribution is -2.48. The van der Waals surface area contributed by atoms with Gasteiger partial charge in [0, 0.05) is 6.10 Å². The molecule has 1 aromatic rings. The molecule has 0 heterocycles. The molecule has 0 N–H and O–H groups in total. The zero-order valence-electron chi connectivity index (χ0n) is 15.6. The summed E-state index contributed by atoms with van der Waals surface area (Å²) < 4.78 is 35.9. The van der Waals surface area contributed by atoms with Gasteiger partial charge in [0.25, 0.3) is 10.1 Å². The Balaban J connectivity index is 1.81. The van der Waals surface area contributed by atoms with Crippen molar-refractivity contribution in [3.8, 4) is 0 Å². The molecular formula is C18H30O4SSi. The Kier molecular flexibility index (Phi) is 5.64. The molecule has 0 spiro atoms. The van der Waals surface area contributed by atoms with Gasteiger partial charge in [-0.05, 0) is 55.9 Å². The van der Waals surface area contributed by atoms with Crippen LogP contribution in [-0.2, 0) is 18.7 Å². The molecule has 0 unspecified atom stereocenters. The van der Waals surface area contributed by atoms with E-state index in [0.29, 0.717) is 0 Å². The Morgan fingerprint density at radius 2 is 1.67 bits per heavy atom. The molecule has 2 rings (SSSR count). The summed E-state index contributed by atoms with van der Waals surface area (Å²) in [7, 11) is -5.40. The van der Waals surface area contributed by atoms with Crippen molar-refractivity contribution in [1.82, 2.24) is 0 Å². The summed E-state index contributed by atoms with van der Waals surface area (Å²) >= 11 is 0. The zero-order valence-corrected chi connectivity index (χ0v) is 17.4. The lowest BCUT2D eigenvalue weighted by Gasteiger charge is -2.44. The Bertz CT molecular complexity index is 653. The molecular weight excluding hydrogens is 340 g/mol. The second-order valence-corrected chi connectivity index (χ2v) is 14.8. The highest BCUT2D eigenvalue weighted by atomic mass is 32.2. The summed E-state index contributed by atoms with van der Waals surface area (Å²) in [6.45, 7) is 13.4. The molecule has 0 radical (unpaired) electrons. The number of hydrogen-bond acceptors (Lipinski definition) is 4. The van der Waals surface area contributed by atoms with E-state index in [9.17, 15) is 8.42 Å². The maximum Gasteiger partial charge on any atom is 0.296 e. The topological polar surface area (TPSA) is 52.6 Å². The molecule has 0 aromatic heterocycles. The van der Waals surface area contributed by atoms with Crippen molar-refractivity contribution in [2.75, 3.05) is 6.61 Å². The maximum absolute atomic E-state index is 12.2. The van der Waals surface area contributed by atoms with E-state index < -0.39 is 18.4 Å². The van der Waals surface area contributed by atoms with Crippen LogP contribution in [0.5, 0.6) is 0 Å². The van der Waals surface area contributed by atoms with Gasteiger partial charge in [-0.15, -0.1) is 0 Å². The molecule has 0 amide bonds. The van der Waals surface area contributed by atoms with Gasteiger partial charge in [-0.1, -0.05) is 38.5 Å².